The number of hydrogen-bond donors (Lipinski definition) is 1. The first kappa shape index (κ1) is 12.7. The van der Waals surface area contributed by atoms with E-state index in [-0.39, 0.29) is 5.54 Å². The third kappa shape index (κ3) is 3.34. The maximum Gasteiger partial charge on any atom is 0.234 e. The molecule has 0 spiro atoms. The van der Waals surface area contributed by atoms with Gasteiger partial charge in [-0.05, 0) is 27.9 Å². The van der Waals surface area contributed by atoms with Gasteiger partial charge in [0.2, 0.25) is 5.88 Å². The molecule has 0 aliphatic rings. The number of rotatable bonds is 5. The van der Waals surface area contributed by atoms with Crippen molar-refractivity contribution >= 4 is 5.82 Å². The maximum absolute atomic E-state index is 5.62. The van der Waals surface area contributed by atoms with Crippen molar-refractivity contribution in [3.05, 3.63) is 12.4 Å². The van der Waals surface area contributed by atoms with Gasteiger partial charge in [0.25, 0.3) is 0 Å². The van der Waals surface area contributed by atoms with Crippen molar-refractivity contribution in [3.63, 3.8) is 0 Å². The first-order valence-electron chi connectivity index (χ1n) is 5.26. The third-order valence-corrected chi connectivity index (χ3v) is 2.65. The predicted molar refractivity (Wildman–Crippen MR) is 64.8 cm³/mol. The topological polar surface area (TPSA) is 50.3 Å². The quantitative estimate of drug-likeness (QED) is 0.815. The molecule has 0 unspecified atom stereocenters. The van der Waals surface area contributed by atoms with Gasteiger partial charge in [0.1, 0.15) is 12.4 Å². The molecule has 5 nitrogen and oxygen atoms in total. The van der Waals surface area contributed by atoms with Crippen LogP contribution >= 0.6 is 0 Å². The van der Waals surface area contributed by atoms with E-state index in [0.29, 0.717) is 18.3 Å². The van der Waals surface area contributed by atoms with Gasteiger partial charge in [0.15, 0.2) is 0 Å². The number of nitrogens with one attached hydrogen (secondary N) is 1. The molecule has 0 saturated heterocycles. The van der Waals surface area contributed by atoms with Crippen LogP contribution in [0.5, 0.6) is 5.88 Å². The van der Waals surface area contributed by atoms with Crippen molar-refractivity contribution in [3.8, 4) is 5.88 Å². The fourth-order valence-corrected chi connectivity index (χ4v) is 0.918. The van der Waals surface area contributed by atoms with Gasteiger partial charge < -0.3 is 15.0 Å². The fraction of sp³-hybridized carbons (Fsp3) is 0.636. The molecular weight excluding hydrogens is 204 g/mol. The molecule has 0 amide bonds. The van der Waals surface area contributed by atoms with Crippen molar-refractivity contribution < 1.29 is 4.74 Å². The van der Waals surface area contributed by atoms with Crippen LogP contribution in [-0.4, -0.2) is 48.2 Å². The summed E-state index contributed by atoms with van der Waals surface area (Å²) in [5, 5.41) is 2.92. The summed E-state index contributed by atoms with van der Waals surface area (Å²) in [5.41, 5.74) is -0.0304. The Labute approximate surface area is 96.8 Å². The molecule has 0 radical (unpaired) electrons. The lowest BCUT2D eigenvalue weighted by molar-refractivity contribution is 0.111. The summed E-state index contributed by atoms with van der Waals surface area (Å²) >= 11 is 0. The summed E-state index contributed by atoms with van der Waals surface area (Å²) in [6, 6.07) is 0. The Morgan fingerprint density at radius 1 is 1.38 bits per heavy atom. The molecule has 16 heavy (non-hydrogen) atoms. The van der Waals surface area contributed by atoms with E-state index in [0.717, 1.165) is 0 Å². The number of aromatic nitrogens is 2. The summed E-state index contributed by atoms with van der Waals surface area (Å²) in [6.07, 6.45) is 3.27. The lowest BCUT2D eigenvalue weighted by Gasteiger charge is -2.31. The minimum Gasteiger partial charge on any atom is -0.475 e. The number of likely N-dealkylation sites (N-methyl/N-ethyl adjacent to an activating group) is 1. The monoisotopic (exact) mass is 224 g/mol. The average molecular weight is 224 g/mol. The fourth-order valence-electron chi connectivity index (χ4n) is 0.918. The van der Waals surface area contributed by atoms with Gasteiger partial charge in [-0.15, -0.1) is 0 Å². The Balaban J connectivity index is 2.60. The number of nitrogens with zero attached hydrogens (tertiary/aromatic N) is 3. The van der Waals surface area contributed by atoms with Gasteiger partial charge in [-0.2, -0.15) is 4.98 Å². The summed E-state index contributed by atoms with van der Waals surface area (Å²) < 4.78 is 5.62. The molecule has 1 aromatic rings. The van der Waals surface area contributed by atoms with E-state index >= 15 is 0 Å². The zero-order valence-corrected chi connectivity index (χ0v) is 10.6. The third-order valence-electron chi connectivity index (χ3n) is 2.65. The average Bonchev–Trinajstić information content (AvgIpc) is 2.26. The van der Waals surface area contributed by atoms with Crippen LogP contribution in [0.4, 0.5) is 5.82 Å². The molecule has 0 aromatic carbocycles. The van der Waals surface area contributed by atoms with Crippen molar-refractivity contribution in [1.82, 2.24) is 14.9 Å². The normalized spacial score (nSPS) is 11.6. The number of ether oxygens (including phenoxy) is 1. The molecule has 1 heterocycles. The molecule has 90 valence electrons. The van der Waals surface area contributed by atoms with Crippen molar-refractivity contribution in [2.45, 2.75) is 19.4 Å². The van der Waals surface area contributed by atoms with E-state index in [4.69, 9.17) is 4.74 Å². The second-order valence-electron chi connectivity index (χ2n) is 4.49. The second-order valence-corrected chi connectivity index (χ2v) is 4.49. The Morgan fingerprint density at radius 3 is 2.62 bits per heavy atom. The van der Waals surface area contributed by atoms with Crippen LogP contribution in [0.2, 0.25) is 0 Å². The summed E-state index contributed by atoms with van der Waals surface area (Å²) in [4.78, 5) is 10.4. The highest BCUT2D eigenvalue weighted by Crippen LogP contribution is 2.14. The van der Waals surface area contributed by atoms with Crippen LogP contribution in [-0.2, 0) is 0 Å². The lowest BCUT2D eigenvalue weighted by Crippen LogP contribution is -2.43. The zero-order chi connectivity index (χ0) is 12.2. The van der Waals surface area contributed by atoms with E-state index in [1.807, 2.05) is 14.1 Å². The van der Waals surface area contributed by atoms with Gasteiger partial charge in [-0.3, -0.25) is 4.98 Å². The molecule has 0 bridgehead atoms. The molecule has 1 rings (SSSR count). The van der Waals surface area contributed by atoms with Crippen LogP contribution < -0.4 is 10.1 Å². The van der Waals surface area contributed by atoms with E-state index in [1.165, 1.54) is 0 Å². The Hall–Kier alpha value is -1.36. The highest BCUT2D eigenvalue weighted by molar-refractivity contribution is 5.31. The van der Waals surface area contributed by atoms with Crippen molar-refractivity contribution in [1.29, 1.82) is 0 Å². The Kier molecular flexibility index (Phi) is 4.06. The molecule has 0 aliphatic carbocycles. The Bertz CT molecular complexity index is 339. The van der Waals surface area contributed by atoms with E-state index in [2.05, 4.69) is 34.0 Å². The van der Waals surface area contributed by atoms with Crippen molar-refractivity contribution in [2.75, 3.05) is 33.1 Å². The molecule has 1 aromatic heterocycles. The highest BCUT2D eigenvalue weighted by Gasteiger charge is 2.21. The summed E-state index contributed by atoms with van der Waals surface area (Å²) in [6.45, 7) is 4.80. The minimum absolute atomic E-state index is 0.0304. The minimum atomic E-state index is -0.0304. The first-order valence-corrected chi connectivity index (χ1v) is 5.26. The van der Waals surface area contributed by atoms with Crippen LogP contribution in [0.3, 0.4) is 0 Å². The van der Waals surface area contributed by atoms with Crippen LogP contribution in [0.15, 0.2) is 12.4 Å². The maximum atomic E-state index is 5.62. The molecule has 5 heteroatoms. The van der Waals surface area contributed by atoms with E-state index < -0.39 is 0 Å². The number of anilines is 1. The summed E-state index contributed by atoms with van der Waals surface area (Å²) in [7, 11) is 5.86. The second kappa shape index (κ2) is 5.12. The standard InChI is InChI=1S/C11H20N4O/c1-11(2,15(4)5)8-16-10-7-13-6-9(12-3)14-10/h6-7H,8H2,1-5H3,(H,12,14). The molecule has 1 N–H and O–H groups in total. The van der Waals surface area contributed by atoms with E-state index in [9.17, 15) is 0 Å². The van der Waals surface area contributed by atoms with Gasteiger partial charge in [0.05, 0.1) is 12.4 Å². The zero-order valence-electron chi connectivity index (χ0n) is 10.6. The summed E-state index contributed by atoms with van der Waals surface area (Å²) in [5.74, 6) is 1.25. The van der Waals surface area contributed by atoms with Crippen molar-refractivity contribution in [2.24, 2.45) is 0 Å². The smallest absolute Gasteiger partial charge is 0.234 e. The van der Waals surface area contributed by atoms with Crippen LogP contribution in [0.25, 0.3) is 0 Å². The molecule has 0 fully saturated rings. The lowest BCUT2D eigenvalue weighted by atomic mass is 10.1. The molecule has 0 saturated carbocycles. The first-order chi connectivity index (χ1) is 7.45. The molecule has 0 atom stereocenters. The molecular formula is C11H20N4O. The SMILES string of the molecule is CNc1cncc(OCC(C)(C)N(C)C)n1. The van der Waals surface area contributed by atoms with Crippen LogP contribution in [0, 0.1) is 0 Å². The predicted octanol–water partition coefficient (Wildman–Crippen LogP) is 1.24. The Morgan fingerprint density at radius 2 is 2.06 bits per heavy atom. The van der Waals surface area contributed by atoms with Gasteiger partial charge in [0, 0.05) is 12.6 Å². The number of hydrogen-bond acceptors (Lipinski definition) is 5. The molecule has 0 aliphatic heterocycles. The van der Waals surface area contributed by atoms with Crippen LogP contribution in [0.1, 0.15) is 13.8 Å². The van der Waals surface area contributed by atoms with Gasteiger partial charge in [-0.25, -0.2) is 0 Å². The van der Waals surface area contributed by atoms with Gasteiger partial charge >= 0.3 is 0 Å². The van der Waals surface area contributed by atoms with Gasteiger partial charge in [-0.1, -0.05) is 0 Å². The highest BCUT2D eigenvalue weighted by atomic mass is 16.5. The van der Waals surface area contributed by atoms with E-state index in [1.54, 1.807) is 19.4 Å². The largest absolute Gasteiger partial charge is 0.475 e.